The number of benzene rings is 1. The molecular formula is C11H8O5. The Hall–Kier alpha value is -2.17. The first-order valence-corrected chi connectivity index (χ1v) is 4.67. The van der Waals surface area contributed by atoms with Gasteiger partial charge in [-0.1, -0.05) is 18.2 Å². The van der Waals surface area contributed by atoms with Gasteiger partial charge in [0.05, 0.1) is 12.0 Å². The van der Waals surface area contributed by atoms with Crippen molar-refractivity contribution in [3.63, 3.8) is 0 Å². The Bertz CT molecular complexity index is 437. The van der Waals surface area contributed by atoms with Crippen molar-refractivity contribution in [2.24, 2.45) is 0 Å². The Balaban J connectivity index is 2.03. The third-order valence-corrected chi connectivity index (χ3v) is 2.09. The molecule has 1 heterocycles. The smallest absolute Gasteiger partial charge is 0.355 e. The molecule has 82 valence electrons. The standard InChI is InChI=1S/C11H8O5/c12-9-6-8(11(14)16-9)15-10(13)7-4-2-1-3-5-7/h1-5,8H,6H2/t8-/m0/s1. The van der Waals surface area contributed by atoms with Gasteiger partial charge in [0.15, 0.2) is 0 Å². The van der Waals surface area contributed by atoms with Gasteiger partial charge in [-0.15, -0.1) is 0 Å². The van der Waals surface area contributed by atoms with E-state index in [1.54, 1.807) is 30.3 Å². The van der Waals surface area contributed by atoms with Crippen molar-refractivity contribution in [2.45, 2.75) is 12.5 Å². The highest BCUT2D eigenvalue weighted by atomic mass is 16.6. The van der Waals surface area contributed by atoms with E-state index < -0.39 is 24.0 Å². The van der Waals surface area contributed by atoms with E-state index in [0.717, 1.165) is 0 Å². The van der Waals surface area contributed by atoms with Crippen molar-refractivity contribution in [3.8, 4) is 0 Å². The third-order valence-electron chi connectivity index (χ3n) is 2.09. The van der Waals surface area contributed by atoms with Crippen LogP contribution in [0.4, 0.5) is 0 Å². The quantitative estimate of drug-likeness (QED) is 0.541. The number of hydrogen-bond donors (Lipinski definition) is 0. The number of cyclic esters (lactones) is 2. The number of hydrogen-bond acceptors (Lipinski definition) is 5. The van der Waals surface area contributed by atoms with Crippen LogP contribution in [0.3, 0.4) is 0 Å². The molecule has 5 nitrogen and oxygen atoms in total. The van der Waals surface area contributed by atoms with E-state index in [0.29, 0.717) is 5.56 Å². The average Bonchev–Trinajstić information content (AvgIpc) is 2.59. The molecule has 0 aliphatic carbocycles. The van der Waals surface area contributed by atoms with Gasteiger partial charge in [-0.25, -0.2) is 9.59 Å². The molecule has 1 atom stereocenters. The molecule has 0 bridgehead atoms. The summed E-state index contributed by atoms with van der Waals surface area (Å²) in [4.78, 5) is 33.3. The van der Waals surface area contributed by atoms with E-state index in [-0.39, 0.29) is 6.42 Å². The predicted octanol–water partition coefficient (Wildman–Crippen LogP) is 0.685. The molecule has 1 aromatic rings. The first kappa shape index (κ1) is 10.4. The van der Waals surface area contributed by atoms with Crippen LogP contribution in [0.25, 0.3) is 0 Å². The highest BCUT2D eigenvalue weighted by Gasteiger charge is 2.36. The predicted molar refractivity (Wildman–Crippen MR) is 51.4 cm³/mol. The Kier molecular flexibility index (Phi) is 2.68. The summed E-state index contributed by atoms with van der Waals surface area (Å²) in [7, 11) is 0. The molecule has 0 spiro atoms. The number of carbonyl (C=O) groups excluding carboxylic acids is 3. The molecule has 1 aromatic carbocycles. The van der Waals surface area contributed by atoms with Crippen LogP contribution in [0.2, 0.25) is 0 Å². The monoisotopic (exact) mass is 220 g/mol. The maximum atomic E-state index is 11.5. The van der Waals surface area contributed by atoms with Gasteiger partial charge >= 0.3 is 17.9 Å². The van der Waals surface area contributed by atoms with Gasteiger partial charge in [0.2, 0.25) is 6.10 Å². The average molecular weight is 220 g/mol. The van der Waals surface area contributed by atoms with Crippen molar-refractivity contribution in [1.29, 1.82) is 0 Å². The zero-order valence-electron chi connectivity index (χ0n) is 8.21. The SMILES string of the molecule is O=C1C[C@H](OC(=O)c2ccccc2)C(=O)O1. The van der Waals surface area contributed by atoms with E-state index >= 15 is 0 Å². The Morgan fingerprint density at radius 1 is 1.25 bits per heavy atom. The Morgan fingerprint density at radius 2 is 1.94 bits per heavy atom. The van der Waals surface area contributed by atoms with Gasteiger partial charge in [0.25, 0.3) is 0 Å². The van der Waals surface area contributed by atoms with Crippen LogP contribution in [0.5, 0.6) is 0 Å². The minimum absolute atomic E-state index is 0.211. The van der Waals surface area contributed by atoms with Crippen molar-refractivity contribution in [1.82, 2.24) is 0 Å². The summed E-state index contributed by atoms with van der Waals surface area (Å²) in [6, 6.07) is 8.22. The second-order valence-corrected chi connectivity index (χ2v) is 3.26. The van der Waals surface area contributed by atoms with Crippen LogP contribution >= 0.6 is 0 Å². The molecule has 1 fully saturated rings. The lowest BCUT2D eigenvalue weighted by atomic mass is 10.2. The molecule has 1 saturated heterocycles. The van der Waals surface area contributed by atoms with Crippen molar-refractivity contribution >= 4 is 17.9 Å². The Labute approximate surface area is 91.0 Å². The fourth-order valence-electron chi connectivity index (χ4n) is 1.32. The van der Waals surface area contributed by atoms with Gasteiger partial charge in [-0.05, 0) is 12.1 Å². The van der Waals surface area contributed by atoms with Crippen LogP contribution in [0, 0.1) is 0 Å². The maximum Gasteiger partial charge on any atom is 0.355 e. The molecule has 16 heavy (non-hydrogen) atoms. The van der Waals surface area contributed by atoms with Crippen LogP contribution in [-0.2, 0) is 19.1 Å². The van der Waals surface area contributed by atoms with E-state index in [9.17, 15) is 14.4 Å². The van der Waals surface area contributed by atoms with Crippen LogP contribution in [0.15, 0.2) is 30.3 Å². The molecule has 0 aromatic heterocycles. The van der Waals surface area contributed by atoms with Crippen molar-refractivity contribution < 1.29 is 23.9 Å². The number of ether oxygens (including phenoxy) is 2. The van der Waals surface area contributed by atoms with Gasteiger partial charge < -0.3 is 9.47 Å². The maximum absolute atomic E-state index is 11.5. The summed E-state index contributed by atoms with van der Waals surface area (Å²) >= 11 is 0. The molecule has 2 rings (SSSR count). The molecule has 0 amide bonds. The summed E-state index contributed by atoms with van der Waals surface area (Å²) in [5.74, 6) is -2.12. The third kappa shape index (κ3) is 2.08. The molecule has 0 radical (unpaired) electrons. The van der Waals surface area contributed by atoms with Crippen LogP contribution < -0.4 is 0 Å². The van der Waals surface area contributed by atoms with Crippen LogP contribution in [-0.4, -0.2) is 24.0 Å². The minimum Gasteiger partial charge on any atom is -0.446 e. The summed E-state index contributed by atoms with van der Waals surface area (Å²) < 4.78 is 9.10. The zero-order valence-corrected chi connectivity index (χ0v) is 8.21. The molecule has 1 aliphatic rings. The summed E-state index contributed by atoms with van der Waals surface area (Å²) in [5.41, 5.74) is 0.328. The highest BCUT2D eigenvalue weighted by molar-refractivity contribution is 5.99. The second-order valence-electron chi connectivity index (χ2n) is 3.26. The second kappa shape index (κ2) is 4.14. The van der Waals surface area contributed by atoms with E-state index in [2.05, 4.69) is 4.74 Å². The lowest BCUT2D eigenvalue weighted by Gasteiger charge is -2.06. The fraction of sp³-hybridized carbons (Fsp3) is 0.182. The molecule has 1 aliphatic heterocycles. The zero-order chi connectivity index (χ0) is 11.5. The van der Waals surface area contributed by atoms with E-state index in [4.69, 9.17) is 4.74 Å². The molecule has 0 unspecified atom stereocenters. The van der Waals surface area contributed by atoms with Crippen LogP contribution in [0.1, 0.15) is 16.8 Å². The number of carbonyl (C=O) groups is 3. The first-order valence-electron chi connectivity index (χ1n) is 4.67. The van der Waals surface area contributed by atoms with Crippen molar-refractivity contribution in [2.75, 3.05) is 0 Å². The fourth-order valence-corrected chi connectivity index (χ4v) is 1.32. The van der Waals surface area contributed by atoms with E-state index in [1.807, 2.05) is 0 Å². The van der Waals surface area contributed by atoms with Gasteiger partial charge in [-0.3, -0.25) is 4.79 Å². The Morgan fingerprint density at radius 3 is 2.50 bits per heavy atom. The molecule has 5 heteroatoms. The number of esters is 3. The molecule has 0 N–H and O–H groups in total. The van der Waals surface area contributed by atoms with E-state index in [1.165, 1.54) is 0 Å². The lowest BCUT2D eigenvalue weighted by Crippen LogP contribution is -2.22. The van der Waals surface area contributed by atoms with Crippen molar-refractivity contribution in [3.05, 3.63) is 35.9 Å². The normalized spacial score (nSPS) is 19.4. The summed E-state index contributed by atoms with van der Waals surface area (Å²) in [6.45, 7) is 0. The molecular weight excluding hydrogens is 212 g/mol. The topological polar surface area (TPSA) is 69.7 Å². The lowest BCUT2D eigenvalue weighted by molar-refractivity contribution is -0.154. The van der Waals surface area contributed by atoms with Gasteiger partial charge in [-0.2, -0.15) is 0 Å². The first-order chi connectivity index (χ1) is 7.66. The number of rotatable bonds is 2. The van der Waals surface area contributed by atoms with Gasteiger partial charge in [0, 0.05) is 0 Å². The largest absolute Gasteiger partial charge is 0.446 e. The summed E-state index contributed by atoms with van der Waals surface area (Å²) in [5, 5.41) is 0. The summed E-state index contributed by atoms with van der Waals surface area (Å²) in [6.07, 6.45) is -1.32. The van der Waals surface area contributed by atoms with Gasteiger partial charge in [0.1, 0.15) is 0 Å². The highest BCUT2D eigenvalue weighted by Crippen LogP contribution is 2.14. The molecule has 0 saturated carbocycles. The minimum atomic E-state index is -1.11.